The van der Waals surface area contributed by atoms with Crippen molar-refractivity contribution in [1.82, 2.24) is 5.32 Å². The van der Waals surface area contributed by atoms with Crippen molar-refractivity contribution >= 4 is 29.2 Å². The van der Waals surface area contributed by atoms with E-state index in [9.17, 15) is 19.7 Å². The molecule has 1 N–H and O–H groups in total. The van der Waals surface area contributed by atoms with Gasteiger partial charge in [-0.05, 0) is 80.8 Å². The SMILES string of the molecule is CC(NC(=O)COC(=O)c1ccc(Cl)cc1[N+](=O)[O-])C12CC3CC(CC(C3)C1)C2. The molecule has 1 aromatic rings. The minimum absolute atomic E-state index is 0.0203. The second-order valence-corrected chi connectivity index (χ2v) is 9.50. The van der Waals surface area contributed by atoms with Gasteiger partial charge < -0.3 is 10.1 Å². The van der Waals surface area contributed by atoms with Crippen LogP contribution in [0, 0.1) is 33.3 Å². The highest BCUT2D eigenvalue weighted by Gasteiger charge is 2.53. The molecule has 29 heavy (non-hydrogen) atoms. The molecule has 1 amide bonds. The van der Waals surface area contributed by atoms with Crippen LogP contribution in [0.5, 0.6) is 0 Å². The fourth-order valence-corrected chi connectivity index (χ4v) is 6.35. The van der Waals surface area contributed by atoms with E-state index in [1.807, 2.05) is 0 Å². The van der Waals surface area contributed by atoms with E-state index in [1.165, 1.54) is 31.4 Å². The van der Waals surface area contributed by atoms with Gasteiger partial charge in [0.2, 0.25) is 0 Å². The quantitative estimate of drug-likeness (QED) is 0.424. The molecule has 4 aliphatic carbocycles. The minimum Gasteiger partial charge on any atom is -0.452 e. The molecule has 4 aliphatic rings. The van der Waals surface area contributed by atoms with Gasteiger partial charge in [-0.25, -0.2) is 4.79 Å². The molecule has 0 spiro atoms. The molecule has 1 unspecified atom stereocenters. The largest absolute Gasteiger partial charge is 0.452 e. The third kappa shape index (κ3) is 3.97. The summed E-state index contributed by atoms with van der Waals surface area (Å²) in [7, 11) is 0. The number of halogens is 1. The van der Waals surface area contributed by atoms with Gasteiger partial charge in [-0.1, -0.05) is 11.6 Å². The minimum atomic E-state index is -0.911. The van der Waals surface area contributed by atoms with Crippen molar-refractivity contribution in [3.8, 4) is 0 Å². The second-order valence-electron chi connectivity index (χ2n) is 9.06. The summed E-state index contributed by atoms with van der Waals surface area (Å²) >= 11 is 5.76. The first-order valence-corrected chi connectivity index (χ1v) is 10.5. The Balaban J connectivity index is 1.35. The zero-order valence-corrected chi connectivity index (χ0v) is 17.1. The van der Waals surface area contributed by atoms with Crippen molar-refractivity contribution in [2.24, 2.45) is 23.2 Å². The van der Waals surface area contributed by atoms with Gasteiger partial charge in [0, 0.05) is 17.1 Å². The van der Waals surface area contributed by atoms with E-state index >= 15 is 0 Å². The highest BCUT2D eigenvalue weighted by molar-refractivity contribution is 6.31. The third-order valence-electron chi connectivity index (χ3n) is 7.09. The first-order valence-electron chi connectivity index (χ1n) is 10.2. The van der Waals surface area contributed by atoms with Crippen molar-refractivity contribution in [3.05, 3.63) is 38.9 Å². The maximum atomic E-state index is 12.4. The number of carbonyl (C=O) groups excluding carboxylic acids is 2. The summed E-state index contributed by atoms with van der Waals surface area (Å²) in [5.74, 6) is 1.06. The zero-order valence-electron chi connectivity index (χ0n) is 16.4. The predicted octanol–water partition coefficient (Wildman–Crippen LogP) is 4.13. The molecule has 4 saturated carbocycles. The van der Waals surface area contributed by atoms with Crippen LogP contribution in [-0.2, 0) is 9.53 Å². The van der Waals surface area contributed by atoms with Crippen LogP contribution in [0.2, 0.25) is 5.02 Å². The van der Waals surface area contributed by atoms with Gasteiger partial charge in [-0.15, -0.1) is 0 Å². The van der Waals surface area contributed by atoms with E-state index in [1.54, 1.807) is 0 Å². The number of esters is 1. The Bertz CT molecular complexity index is 820. The molecule has 0 aliphatic heterocycles. The fourth-order valence-electron chi connectivity index (χ4n) is 6.18. The van der Waals surface area contributed by atoms with Crippen molar-refractivity contribution < 1.29 is 19.2 Å². The van der Waals surface area contributed by atoms with E-state index in [0.29, 0.717) is 0 Å². The molecular formula is C21H25ClN2O5. The second kappa shape index (κ2) is 7.59. The molecule has 1 aromatic carbocycles. The molecule has 0 aromatic heterocycles. The summed E-state index contributed by atoms with van der Waals surface area (Å²) in [5, 5.41) is 14.3. The average molecular weight is 421 g/mol. The third-order valence-corrected chi connectivity index (χ3v) is 7.33. The standard InChI is InChI=1S/C21H25ClN2O5/c1-12(21-8-13-4-14(9-21)6-15(5-13)10-21)23-19(25)11-29-20(26)17-3-2-16(22)7-18(17)24(27)28/h2-3,7,12-15H,4-6,8-11H2,1H3,(H,23,25). The highest BCUT2D eigenvalue weighted by Crippen LogP contribution is 2.61. The van der Waals surface area contributed by atoms with Crippen LogP contribution in [0.15, 0.2) is 18.2 Å². The first-order chi connectivity index (χ1) is 13.8. The number of ether oxygens (including phenoxy) is 1. The highest BCUT2D eigenvalue weighted by atomic mass is 35.5. The van der Waals surface area contributed by atoms with Gasteiger partial charge in [0.25, 0.3) is 11.6 Å². The smallest absolute Gasteiger partial charge is 0.345 e. The van der Waals surface area contributed by atoms with Crippen LogP contribution in [0.1, 0.15) is 55.8 Å². The summed E-state index contributed by atoms with van der Waals surface area (Å²) < 4.78 is 5.04. The van der Waals surface area contributed by atoms with Gasteiger partial charge in [0.15, 0.2) is 6.61 Å². The maximum Gasteiger partial charge on any atom is 0.345 e. The van der Waals surface area contributed by atoms with Crippen molar-refractivity contribution in [2.45, 2.75) is 51.5 Å². The Hall–Kier alpha value is -2.15. The maximum absolute atomic E-state index is 12.4. The van der Waals surface area contributed by atoms with Gasteiger partial charge in [-0.3, -0.25) is 14.9 Å². The number of nitro groups is 1. The van der Waals surface area contributed by atoms with E-state index < -0.39 is 23.2 Å². The summed E-state index contributed by atoms with van der Waals surface area (Å²) in [5.41, 5.74) is -0.505. The number of nitrogens with zero attached hydrogens (tertiary/aromatic N) is 1. The van der Waals surface area contributed by atoms with Crippen LogP contribution in [0.25, 0.3) is 0 Å². The molecule has 4 fully saturated rings. The van der Waals surface area contributed by atoms with Gasteiger partial charge in [0.1, 0.15) is 5.56 Å². The Kier molecular flexibility index (Phi) is 5.27. The normalized spacial score (nSPS) is 30.6. The molecular weight excluding hydrogens is 396 g/mol. The molecule has 0 saturated heterocycles. The van der Waals surface area contributed by atoms with E-state index in [2.05, 4.69) is 12.2 Å². The number of hydrogen-bond acceptors (Lipinski definition) is 5. The van der Waals surface area contributed by atoms with Gasteiger partial charge in [0.05, 0.1) is 4.92 Å². The summed E-state index contributed by atoms with van der Waals surface area (Å²) in [6.45, 7) is 1.59. The first kappa shape index (κ1) is 20.1. The van der Waals surface area contributed by atoms with Crippen molar-refractivity contribution in [2.75, 3.05) is 6.61 Å². The molecule has 1 atom stereocenters. The number of amides is 1. The number of nitro benzene ring substituents is 1. The lowest BCUT2D eigenvalue weighted by Gasteiger charge is -2.59. The van der Waals surface area contributed by atoms with E-state index in [-0.39, 0.29) is 28.0 Å². The Morgan fingerprint density at radius 3 is 2.38 bits per heavy atom. The van der Waals surface area contributed by atoms with Crippen molar-refractivity contribution in [3.63, 3.8) is 0 Å². The predicted molar refractivity (Wildman–Crippen MR) is 107 cm³/mol. The van der Waals surface area contributed by atoms with Crippen LogP contribution in [0.4, 0.5) is 5.69 Å². The molecule has 8 heteroatoms. The average Bonchev–Trinajstić information content (AvgIpc) is 2.65. The Morgan fingerprint density at radius 1 is 1.24 bits per heavy atom. The Labute approximate surface area is 174 Å². The zero-order chi connectivity index (χ0) is 20.8. The molecule has 5 rings (SSSR count). The van der Waals surface area contributed by atoms with E-state index in [0.717, 1.165) is 43.1 Å². The number of nitrogens with one attached hydrogen (secondary N) is 1. The van der Waals surface area contributed by atoms with Crippen LogP contribution in [-0.4, -0.2) is 29.4 Å². The Morgan fingerprint density at radius 2 is 1.83 bits per heavy atom. The summed E-state index contributed by atoms with van der Waals surface area (Å²) in [6.07, 6.45) is 7.48. The molecule has 0 radical (unpaired) electrons. The lowest BCUT2D eigenvalue weighted by atomic mass is 9.48. The lowest BCUT2D eigenvalue weighted by molar-refractivity contribution is -0.385. The van der Waals surface area contributed by atoms with E-state index in [4.69, 9.17) is 16.3 Å². The van der Waals surface area contributed by atoms with Crippen LogP contribution < -0.4 is 5.32 Å². The topological polar surface area (TPSA) is 98.5 Å². The number of carbonyl (C=O) groups is 2. The number of benzene rings is 1. The number of hydrogen-bond donors (Lipinski definition) is 1. The monoisotopic (exact) mass is 420 g/mol. The molecule has 156 valence electrons. The molecule has 4 bridgehead atoms. The molecule has 0 heterocycles. The van der Waals surface area contributed by atoms with Gasteiger partial charge in [-0.2, -0.15) is 0 Å². The fraction of sp³-hybridized carbons (Fsp3) is 0.619. The summed E-state index contributed by atoms with van der Waals surface area (Å²) in [4.78, 5) is 35.1. The lowest BCUT2D eigenvalue weighted by Crippen LogP contribution is -2.56. The van der Waals surface area contributed by atoms with Gasteiger partial charge >= 0.3 is 5.97 Å². The van der Waals surface area contributed by atoms with Crippen LogP contribution in [0.3, 0.4) is 0 Å². The number of rotatable bonds is 6. The van der Waals surface area contributed by atoms with Crippen LogP contribution >= 0.6 is 11.6 Å². The van der Waals surface area contributed by atoms with Crippen molar-refractivity contribution in [1.29, 1.82) is 0 Å². The molecule has 7 nitrogen and oxygen atoms in total. The summed E-state index contributed by atoms with van der Waals surface area (Å²) in [6, 6.07) is 3.72.